The maximum atomic E-state index is 13.9. The summed E-state index contributed by atoms with van der Waals surface area (Å²) in [5, 5.41) is 14.0. The van der Waals surface area contributed by atoms with Crippen molar-refractivity contribution in [1.29, 1.82) is 0 Å². The van der Waals surface area contributed by atoms with Gasteiger partial charge in [0.2, 0.25) is 0 Å². The smallest absolute Gasteiger partial charge is 0.315 e. The van der Waals surface area contributed by atoms with Crippen LogP contribution in [0, 0.1) is 5.82 Å². The highest BCUT2D eigenvalue weighted by Crippen LogP contribution is 2.32. The van der Waals surface area contributed by atoms with E-state index in [1.807, 2.05) is 0 Å². The highest BCUT2D eigenvalue weighted by Gasteiger charge is 2.16. The molecule has 2 aromatic carbocycles. The van der Waals surface area contributed by atoms with E-state index >= 15 is 0 Å². The van der Waals surface area contributed by atoms with Crippen molar-refractivity contribution >= 4 is 17.6 Å². The summed E-state index contributed by atoms with van der Waals surface area (Å²) in [4.78, 5) is 14.8. The molecule has 0 radical (unpaired) electrons. The maximum Gasteiger partial charge on any atom is 0.315 e. The first kappa shape index (κ1) is 23.7. The van der Waals surface area contributed by atoms with Crippen LogP contribution in [0.5, 0.6) is 5.75 Å². The van der Waals surface area contributed by atoms with Crippen LogP contribution in [-0.2, 0) is 4.74 Å². The first-order valence-electron chi connectivity index (χ1n) is 11.3. The molecule has 1 saturated heterocycles. The third-order valence-corrected chi connectivity index (χ3v) is 5.51. The third kappa shape index (κ3) is 6.09. The molecule has 2 N–H and O–H groups in total. The lowest BCUT2D eigenvalue weighted by molar-refractivity contribution is 0.0373. The normalized spacial score (nSPS) is 14.1. The van der Waals surface area contributed by atoms with Crippen LogP contribution >= 0.6 is 0 Å². The van der Waals surface area contributed by atoms with Gasteiger partial charge in [0.25, 0.3) is 11.8 Å². The molecule has 0 spiro atoms. The molecule has 1 aliphatic rings. The van der Waals surface area contributed by atoms with Gasteiger partial charge in [-0.15, -0.1) is 5.10 Å². The highest BCUT2D eigenvalue weighted by atomic mass is 19.1. The molecule has 3 aromatic rings. The molecular weight excluding hydrogens is 441 g/mol. The number of ether oxygens (including phenoxy) is 2. The van der Waals surface area contributed by atoms with Crippen LogP contribution in [-0.4, -0.2) is 67.5 Å². The van der Waals surface area contributed by atoms with E-state index in [9.17, 15) is 9.18 Å². The van der Waals surface area contributed by atoms with Gasteiger partial charge in [-0.25, -0.2) is 4.39 Å². The Morgan fingerprint density at radius 1 is 1.15 bits per heavy atom. The number of rotatable bonds is 10. The number of methoxy groups -OCH3 is 1. The fraction of sp³-hybridized carbons (Fsp3) is 0.375. The third-order valence-electron chi connectivity index (χ3n) is 5.51. The Hall–Kier alpha value is -3.50. The molecule has 0 saturated carbocycles. The number of hydrogen-bond donors (Lipinski definition) is 2. The topological polar surface area (TPSA) is 102 Å². The zero-order valence-corrected chi connectivity index (χ0v) is 19.1. The Balaban J connectivity index is 1.32. The number of aromatic nitrogens is 2. The van der Waals surface area contributed by atoms with Gasteiger partial charge in [0.15, 0.2) is 0 Å². The van der Waals surface area contributed by atoms with Crippen molar-refractivity contribution in [2.24, 2.45) is 0 Å². The Kier molecular flexibility index (Phi) is 8.05. The van der Waals surface area contributed by atoms with Crippen LogP contribution in [0.3, 0.4) is 0 Å². The summed E-state index contributed by atoms with van der Waals surface area (Å²) in [5.41, 5.74) is 0.995. The number of carbonyl (C=O) groups excluding carboxylic acids is 1. The summed E-state index contributed by atoms with van der Waals surface area (Å²) in [6.45, 7) is 5.39. The van der Waals surface area contributed by atoms with E-state index in [1.54, 1.807) is 24.3 Å². The molecule has 1 amide bonds. The number of unbranched alkanes of at least 4 members (excludes halogenated alkanes) is 1. The quantitative estimate of drug-likeness (QED) is 0.434. The van der Waals surface area contributed by atoms with Gasteiger partial charge in [0, 0.05) is 31.4 Å². The summed E-state index contributed by atoms with van der Waals surface area (Å²) >= 11 is 0. The van der Waals surface area contributed by atoms with E-state index < -0.39 is 11.7 Å². The van der Waals surface area contributed by atoms with Gasteiger partial charge in [-0.2, -0.15) is 0 Å². The molecule has 1 aliphatic heterocycles. The number of amides is 1. The second-order valence-corrected chi connectivity index (χ2v) is 7.85. The fourth-order valence-electron chi connectivity index (χ4n) is 3.67. The molecule has 4 rings (SSSR count). The zero-order chi connectivity index (χ0) is 23.8. The minimum Gasteiger partial charge on any atom is -0.496 e. The Labute approximate surface area is 197 Å². The van der Waals surface area contributed by atoms with Crippen molar-refractivity contribution in [2.75, 3.05) is 57.1 Å². The van der Waals surface area contributed by atoms with Crippen molar-refractivity contribution in [3.63, 3.8) is 0 Å². The first-order valence-corrected chi connectivity index (χ1v) is 11.3. The first-order chi connectivity index (χ1) is 16.6. The molecule has 1 fully saturated rings. The van der Waals surface area contributed by atoms with Crippen molar-refractivity contribution in [2.45, 2.75) is 12.8 Å². The fourth-order valence-corrected chi connectivity index (χ4v) is 3.67. The number of morpholine rings is 1. The minimum absolute atomic E-state index is 0.0388. The lowest BCUT2D eigenvalue weighted by Crippen LogP contribution is -2.36. The van der Waals surface area contributed by atoms with Crippen molar-refractivity contribution in [3.8, 4) is 17.2 Å². The van der Waals surface area contributed by atoms with Crippen LogP contribution in [0.4, 0.5) is 16.1 Å². The molecule has 9 nitrogen and oxygen atoms in total. The van der Waals surface area contributed by atoms with Crippen LogP contribution < -0.4 is 15.4 Å². The average Bonchev–Trinajstić information content (AvgIpc) is 3.33. The van der Waals surface area contributed by atoms with E-state index in [-0.39, 0.29) is 5.56 Å². The van der Waals surface area contributed by atoms with E-state index in [2.05, 4.69) is 25.7 Å². The minimum atomic E-state index is -0.587. The van der Waals surface area contributed by atoms with Crippen molar-refractivity contribution in [1.82, 2.24) is 15.1 Å². The molecule has 1 aromatic heterocycles. The Morgan fingerprint density at radius 3 is 2.76 bits per heavy atom. The number of hydrogen-bond acceptors (Lipinski definition) is 8. The number of carbonyl (C=O) groups is 1. The molecule has 180 valence electrons. The van der Waals surface area contributed by atoms with Gasteiger partial charge < -0.3 is 24.5 Å². The summed E-state index contributed by atoms with van der Waals surface area (Å²) in [5.74, 6) is -0.409. The molecule has 0 bridgehead atoms. The molecular formula is C24H28FN5O4. The number of halogens is 1. The maximum absolute atomic E-state index is 13.9. The predicted molar refractivity (Wildman–Crippen MR) is 126 cm³/mol. The molecule has 2 heterocycles. The molecule has 0 atom stereocenters. The van der Waals surface area contributed by atoms with Crippen LogP contribution in [0.15, 0.2) is 46.9 Å². The largest absolute Gasteiger partial charge is 0.496 e. The second kappa shape index (κ2) is 11.6. The number of benzene rings is 2. The highest BCUT2D eigenvalue weighted by molar-refractivity contribution is 6.04. The second-order valence-electron chi connectivity index (χ2n) is 7.85. The monoisotopic (exact) mass is 469 g/mol. The van der Waals surface area contributed by atoms with E-state index in [0.717, 1.165) is 52.2 Å². The summed E-state index contributed by atoms with van der Waals surface area (Å²) < 4.78 is 30.4. The summed E-state index contributed by atoms with van der Waals surface area (Å²) in [7, 11) is 1.51. The number of nitrogens with zero attached hydrogens (tertiary/aromatic N) is 3. The Morgan fingerprint density at radius 2 is 1.97 bits per heavy atom. The lowest BCUT2D eigenvalue weighted by Gasteiger charge is -2.26. The van der Waals surface area contributed by atoms with Gasteiger partial charge in [-0.3, -0.25) is 9.69 Å². The van der Waals surface area contributed by atoms with Gasteiger partial charge in [-0.1, -0.05) is 17.2 Å². The summed E-state index contributed by atoms with van der Waals surface area (Å²) in [6.07, 6.45) is 2.05. The van der Waals surface area contributed by atoms with Crippen LogP contribution in [0.2, 0.25) is 0 Å². The standard InChI is InChI=1S/C24H28FN5O4/c1-32-21-16-17(27-22(31)18-6-2-3-7-20(18)25)8-9-19(21)23-28-29-24(34-23)26-10-4-5-11-30-12-14-33-15-13-30/h2-3,6-9,16H,4-5,10-15H2,1H3,(H,26,29)(H,27,31). The predicted octanol–water partition coefficient (Wildman–Crippen LogP) is 3.66. The van der Waals surface area contributed by atoms with Crippen molar-refractivity contribution < 1.29 is 23.1 Å². The number of nitrogens with one attached hydrogen (secondary N) is 2. The molecule has 0 aliphatic carbocycles. The van der Waals surface area contributed by atoms with E-state index in [0.29, 0.717) is 28.9 Å². The zero-order valence-electron chi connectivity index (χ0n) is 19.1. The van der Waals surface area contributed by atoms with Crippen molar-refractivity contribution in [3.05, 3.63) is 53.8 Å². The van der Waals surface area contributed by atoms with E-state index in [4.69, 9.17) is 13.9 Å². The molecule has 0 unspecified atom stereocenters. The van der Waals surface area contributed by atoms with Crippen LogP contribution in [0.25, 0.3) is 11.5 Å². The van der Waals surface area contributed by atoms with Gasteiger partial charge in [0.05, 0.1) is 31.5 Å². The molecule has 10 heteroatoms. The van der Waals surface area contributed by atoms with E-state index in [1.165, 1.54) is 25.3 Å². The number of anilines is 2. The van der Waals surface area contributed by atoms with Gasteiger partial charge in [0.1, 0.15) is 11.6 Å². The SMILES string of the molecule is COc1cc(NC(=O)c2ccccc2F)ccc1-c1nnc(NCCCCN2CCOCC2)o1. The lowest BCUT2D eigenvalue weighted by atomic mass is 10.1. The Bertz CT molecular complexity index is 1100. The van der Waals surface area contributed by atoms with Gasteiger partial charge in [-0.05, 0) is 43.7 Å². The average molecular weight is 470 g/mol. The molecule has 34 heavy (non-hydrogen) atoms. The van der Waals surface area contributed by atoms with Crippen LogP contribution in [0.1, 0.15) is 23.2 Å². The summed E-state index contributed by atoms with van der Waals surface area (Å²) in [6, 6.07) is 11.1. The van der Waals surface area contributed by atoms with Gasteiger partial charge >= 0.3 is 6.01 Å².